The summed E-state index contributed by atoms with van der Waals surface area (Å²) in [6.07, 6.45) is 0. The third kappa shape index (κ3) is 3.76. The predicted octanol–water partition coefficient (Wildman–Crippen LogP) is 1.98. The molecule has 0 saturated heterocycles. The lowest BCUT2D eigenvalue weighted by molar-refractivity contribution is 0.648. The van der Waals surface area contributed by atoms with E-state index in [9.17, 15) is 4.21 Å². The van der Waals surface area contributed by atoms with Gasteiger partial charge in [-0.1, -0.05) is 29.8 Å². The molecular weight excluding hydrogens is 206 g/mol. The minimum Gasteiger partial charge on any atom is -0.327 e. The first-order chi connectivity index (χ1) is 7.00. The second kappa shape index (κ2) is 5.42. The zero-order valence-corrected chi connectivity index (χ0v) is 10.4. The fourth-order valence-electron chi connectivity index (χ4n) is 1.34. The fourth-order valence-corrected chi connectivity index (χ4v) is 2.59. The summed E-state index contributed by atoms with van der Waals surface area (Å²) in [5.74, 6) is 0.602. The molecule has 0 spiro atoms. The predicted molar refractivity (Wildman–Crippen MR) is 66.1 cm³/mol. The molecule has 2 N–H and O–H groups in total. The molecule has 0 aliphatic heterocycles. The average molecular weight is 225 g/mol. The van der Waals surface area contributed by atoms with Gasteiger partial charge in [-0.25, -0.2) is 0 Å². The molecule has 1 aromatic carbocycles. The van der Waals surface area contributed by atoms with Crippen LogP contribution in [0.3, 0.4) is 0 Å². The maximum absolute atomic E-state index is 11.9. The van der Waals surface area contributed by atoms with E-state index in [2.05, 4.69) is 6.07 Å². The molecule has 3 atom stereocenters. The van der Waals surface area contributed by atoms with E-state index in [0.29, 0.717) is 5.75 Å². The van der Waals surface area contributed by atoms with E-state index >= 15 is 0 Å². The van der Waals surface area contributed by atoms with Crippen LogP contribution in [0, 0.1) is 6.92 Å². The lowest BCUT2D eigenvalue weighted by atomic mass is 10.2. The van der Waals surface area contributed by atoms with Crippen molar-refractivity contribution in [3.05, 3.63) is 35.4 Å². The smallest absolute Gasteiger partial charge is 0.0489 e. The van der Waals surface area contributed by atoms with Crippen molar-refractivity contribution >= 4 is 10.8 Å². The second-order valence-electron chi connectivity index (χ2n) is 4.08. The molecule has 0 aliphatic rings. The van der Waals surface area contributed by atoms with Crippen LogP contribution in [0.15, 0.2) is 24.3 Å². The van der Waals surface area contributed by atoms with Crippen molar-refractivity contribution < 1.29 is 4.21 Å². The van der Waals surface area contributed by atoms with Gasteiger partial charge in [0, 0.05) is 27.8 Å². The molecule has 1 rings (SSSR count). The summed E-state index contributed by atoms with van der Waals surface area (Å²) in [5, 5.41) is 0.0468. The highest BCUT2D eigenvalue weighted by Gasteiger charge is 2.15. The van der Waals surface area contributed by atoms with Crippen LogP contribution in [0.25, 0.3) is 0 Å². The van der Waals surface area contributed by atoms with Crippen LogP contribution in [0.5, 0.6) is 0 Å². The maximum Gasteiger partial charge on any atom is 0.0489 e. The number of nitrogens with two attached hydrogens (primary N) is 1. The third-order valence-corrected chi connectivity index (χ3v) is 4.42. The number of rotatable bonds is 4. The Morgan fingerprint density at radius 3 is 2.60 bits per heavy atom. The van der Waals surface area contributed by atoms with Gasteiger partial charge in [0.15, 0.2) is 0 Å². The summed E-state index contributed by atoms with van der Waals surface area (Å²) >= 11 is 0. The summed E-state index contributed by atoms with van der Waals surface area (Å²) < 4.78 is 11.9. The van der Waals surface area contributed by atoms with Gasteiger partial charge in [0.2, 0.25) is 0 Å². The zero-order valence-electron chi connectivity index (χ0n) is 9.57. The van der Waals surface area contributed by atoms with Crippen LogP contribution in [-0.2, 0) is 16.6 Å². The molecule has 0 aromatic heterocycles. The molecule has 0 fully saturated rings. The van der Waals surface area contributed by atoms with Crippen molar-refractivity contribution in [3.63, 3.8) is 0 Å². The Labute approximate surface area is 94.3 Å². The Balaban J connectivity index is 2.66. The molecule has 1 aromatic rings. The molecule has 3 unspecified atom stereocenters. The maximum atomic E-state index is 11.9. The van der Waals surface area contributed by atoms with Gasteiger partial charge >= 0.3 is 0 Å². The monoisotopic (exact) mass is 225 g/mol. The van der Waals surface area contributed by atoms with Crippen molar-refractivity contribution in [2.45, 2.75) is 37.8 Å². The lowest BCUT2D eigenvalue weighted by Gasteiger charge is -2.15. The molecule has 15 heavy (non-hydrogen) atoms. The minimum atomic E-state index is -0.879. The molecule has 0 radical (unpaired) electrons. The van der Waals surface area contributed by atoms with E-state index in [4.69, 9.17) is 5.73 Å². The van der Waals surface area contributed by atoms with Gasteiger partial charge in [0.1, 0.15) is 0 Å². The topological polar surface area (TPSA) is 43.1 Å². The molecule has 0 bridgehead atoms. The Hall–Kier alpha value is -0.670. The summed E-state index contributed by atoms with van der Waals surface area (Å²) in [5.41, 5.74) is 8.06. The second-order valence-corrected chi connectivity index (χ2v) is 5.87. The van der Waals surface area contributed by atoms with E-state index in [-0.39, 0.29) is 11.3 Å². The highest BCUT2D eigenvalue weighted by molar-refractivity contribution is 7.84. The summed E-state index contributed by atoms with van der Waals surface area (Å²) in [7, 11) is -0.879. The summed E-state index contributed by atoms with van der Waals surface area (Å²) in [6, 6.07) is 8.11. The number of benzene rings is 1. The molecule has 84 valence electrons. The Bertz CT molecular complexity index is 349. The molecule has 2 nitrogen and oxygen atoms in total. The van der Waals surface area contributed by atoms with E-state index in [1.165, 1.54) is 5.56 Å². The normalized spacial score (nSPS) is 17.1. The lowest BCUT2D eigenvalue weighted by Crippen LogP contribution is -2.33. The molecule has 3 heteroatoms. The van der Waals surface area contributed by atoms with Gasteiger partial charge in [-0.05, 0) is 26.3 Å². The van der Waals surface area contributed by atoms with Crippen LogP contribution in [0.4, 0.5) is 0 Å². The van der Waals surface area contributed by atoms with Crippen molar-refractivity contribution in [1.29, 1.82) is 0 Å². The van der Waals surface area contributed by atoms with Crippen LogP contribution in [0.1, 0.15) is 25.0 Å². The quantitative estimate of drug-likeness (QED) is 0.851. The van der Waals surface area contributed by atoms with Gasteiger partial charge < -0.3 is 5.73 Å². The Kier molecular flexibility index (Phi) is 4.48. The fraction of sp³-hybridized carbons (Fsp3) is 0.500. The number of hydrogen-bond donors (Lipinski definition) is 1. The van der Waals surface area contributed by atoms with Gasteiger partial charge in [0.25, 0.3) is 0 Å². The van der Waals surface area contributed by atoms with E-state index in [1.54, 1.807) is 0 Å². The van der Waals surface area contributed by atoms with Crippen molar-refractivity contribution in [2.75, 3.05) is 0 Å². The minimum absolute atomic E-state index is 0.0179. The summed E-state index contributed by atoms with van der Waals surface area (Å²) in [4.78, 5) is 0. The Morgan fingerprint density at radius 2 is 2.07 bits per heavy atom. The number of hydrogen-bond acceptors (Lipinski definition) is 2. The molecule has 0 saturated carbocycles. The molecule has 0 amide bonds. The molecule has 0 aliphatic carbocycles. The highest BCUT2D eigenvalue weighted by Crippen LogP contribution is 2.10. The van der Waals surface area contributed by atoms with Crippen molar-refractivity contribution in [3.8, 4) is 0 Å². The first-order valence-corrected chi connectivity index (χ1v) is 6.57. The highest BCUT2D eigenvalue weighted by atomic mass is 32.2. The van der Waals surface area contributed by atoms with Crippen LogP contribution in [-0.4, -0.2) is 15.5 Å². The first kappa shape index (κ1) is 12.4. The van der Waals surface area contributed by atoms with Crippen LogP contribution >= 0.6 is 0 Å². The summed E-state index contributed by atoms with van der Waals surface area (Å²) in [6.45, 7) is 5.89. The Morgan fingerprint density at radius 1 is 1.40 bits per heavy atom. The van der Waals surface area contributed by atoms with E-state index < -0.39 is 10.8 Å². The zero-order chi connectivity index (χ0) is 11.4. The van der Waals surface area contributed by atoms with Crippen molar-refractivity contribution in [2.24, 2.45) is 5.73 Å². The van der Waals surface area contributed by atoms with E-state index in [0.717, 1.165) is 5.56 Å². The van der Waals surface area contributed by atoms with Gasteiger partial charge in [-0.3, -0.25) is 4.21 Å². The molecule has 0 heterocycles. The standard InChI is InChI=1S/C12H19NOS/c1-9-5-4-6-12(7-9)8-15(14)11(3)10(2)13/h4-7,10-11H,8,13H2,1-3H3. The van der Waals surface area contributed by atoms with Crippen LogP contribution in [0.2, 0.25) is 0 Å². The van der Waals surface area contributed by atoms with E-state index in [1.807, 2.05) is 39.0 Å². The van der Waals surface area contributed by atoms with Crippen molar-refractivity contribution in [1.82, 2.24) is 0 Å². The third-order valence-electron chi connectivity index (χ3n) is 2.55. The first-order valence-electron chi connectivity index (χ1n) is 5.19. The number of aryl methyl sites for hydroxylation is 1. The molecular formula is C12H19NOS. The van der Waals surface area contributed by atoms with Gasteiger partial charge in [-0.2, -0.15) is 0 Å². The average Bonchev–Trinajstić information content (AvgIpc) is 2.16. The largest absolute Gasteiger partial charge is 0.327 e. The SMILES string of the molecule is Cc1cccc(CS(=O)C(C)C(C)N)c1. The van der Waals surface area contributed by atoms with Gasteiger partial charge in [-0.15, -0.1) is 0 Å². The van der Waals surface area contributed by atoms with Gasteiger partial charge in [0.05, 0.1) is 0 Å². The van der Waals surface area contributed by atoms with Crippen LogP contribution < -0.4 is 5.73 Å².